The lowest BCUT2D eigenvalue weighted by molar-refractivity contribution is 0.0561. The maximum Gasteiger partial charge on any atom is 0.293 e. The van der Waals surface area contributed by atoms with Crippen LogP contribution in [0.25, 0.3) is 5.69 Å². The topological polar surface area (TPSA) is 77.0 Å². The van der Waals surface area contributed by atoms with Gasteiger partial charge in [0.25, 0.3) is 5.91 Å². The monoisotopic (exact) mass is 395 g/mol. The molecule has 1 saturated heterocycles. The summed E-state index contributed by atoms with van der Waals surface area (Å²) < 4.78 is 15.7. The summed E-state index contributed by atoms with van der Waals surface area (Å²) in [5, 5.41) is 4.36. The van der Waals surface area contributed by atoms with Gasteiger partial charge in [0, 0.05) is 25.0 Å². The van der Waals surface area contributed by atoms with Crippen LogP contribution in [-0.2, 0) is 0 Å². The Morgan fingerprint density at radius 3 is 2.70 bits per heavy atom. The second kappa shape index (κ2) is 8.80. The van der Waals surface area contributed by atoms with Crippen LogP contribution in [0.5, 0.6) is 0 Å². The summed E-state index contributed by atoms with van der Waals surface area (Å²) in [6.45, 7) is 7.13. The van der Waals surface area contributed by atoms with E-state index >= 15 is 0 Å². The Bertz CT molecular complexity index is 794. The SMILES string of the molecule is CC1CCN(C(=O)c2nc(C(C)C)n(-c3ccccc3F)n2)C(CN)C1.Cl. The lowest BCUT2D eigenvalue weighted by Crippen LogP contribution is -2.49. The molecule has 0 aliphatic carbocycles. The van der Waals surface area contributed by atoms with Gasteiger partial charge in [-0.05, 0) is 30.9 Å². The minimum absolute atomic E-state index is 0. The van der Waals surface area contributed by atoms with Gasteiger partial charge in [0.2, 0.25) is 5.82 Å². The zero-order valence-electron chi connectivity index (χ0n) is 15.9. The fourth-order valence-corrected chi connectivity index (χ4v) is 3.46. The molecule has 2 N–H and O–H groups in total. The van der Waals surface area contributed by atoms with E-state index in [1.165, 1.54) is 10.7 Å². The van der Waals surface area contributed by atoms with Gasteiger partial charge in [-0.2, -0.15) is 0 Å². The Labute approximate surface area is 165 Å². The number of halogens is 2. The molecule has 1 aliphatic rings. The Morgan fingerprint density at radius 2 is 2.07 bits per heavy atom. The number of aromatic nitrogens is 3. The minimum Gasteiger partial charge on any atom is -0.332 e. The van der Waals surface area contributed by atoms with Gasteiger partial charge >= 0.3 is 0 Å². The van der Waals surface area contributed by atoms with Gasteiger partial charge in [0.15, 0.2) is 0 Å². The van der Waals surface area contributed by atoms with E-state index in [9.17, 15) is 9.18 Å². The molecule has 1 aromatic carbocycles. The predicted octanol–water partition coefficient (Wildman–Crippen LogP) is 3.15. The average Bonchev–Trinajstić information content (AvgIpc) is 3.07. The van der Waals surface area contributed by atoms with Crippen LogP contribution in [0.2, 0.25) is 0 Å². The van der Waals surface area contributed by atoms with Crippen LogP contribution in [0.15, 0.2) is 24.3 Å². The Morgan fingerprint density at radius 1 is 1.37 bits per heavy atom. The van der Waals surface area contributed by atoms with Crippen LogP contribution >= 0.6 is 12.4 Å². The van der Waals surface area contributed by atoms with E-state index in [1.807, 2.05) is 13.8 Å². The van der Waals surface area contributed by atoms with Crippen molar-refractivity contribution in [3.63, 3.8) is 0 Å². The number of benzene rings is 1. The molecule has 148 valence electrons. The third-order valence-corrected chi connectivity index (χ3v) is 4.93. The zero-order valence-corrected chi connectivity index (χ0v) is 16.7. The lowest BCUT2D eigenvalue weighted by Gasteiger charge is -2.37. The Kier molecular flexibility index (Phi) is 6.95. The third kappa shape index (κ3) is 4.30. The first-order chi connectivity index (χ1) is 12.4. The van der Waals surface area contributed by atoms with Crippen molar-refractivity contribution in [3.05, 3.63) is 41.7 Å². The Hall–Kier alpha value is -1.99. The zero-order chi connectivity index (χ0) is 18.8. The first-order valence-corrected chi connectivity index (χ1v) is 9.15. The van der Waals surface area contributed by atoms with Gasteiger partial charge in [-0.25, -0.2) is 14.1 Å². The molecule has 2 aromatic rings. The molecule has 2 heterocycles. The average molecular weight is 396 g/mol. The molecular weight excluding hydrogens is 369 g/mol. The molecule has 1 amide bonds. The van der Waals surface area contributed by atoms with Crippen LogP contribution in [0, 0.1) is 11.7 Å². The molecule has 0 bridgehead atoms. The second-order valence-electron chi connectivity index (χ2n) is 7.33. The summed E-state index contributed by atoms with van der Waals surface area (Å²) >= 11 is 0. The molecule has 8 heteroatoms. The van der Waals surface area contributed by atoms with Gasteiger partial charge in [-0.3, -0.25) is 4.79 Å². The number of rotatable bonds is 4. The van der Waals surface area contributed by atoms with E-state index < -0.39 is 5.82 Å². The molecule has 3 rings (SSSR count). The lowest BCUT2D eigenvalue weighted by atomic mass is 9.92. The molecule has 1 aromatic heterocycles. The van der Waals surface area contributed by atoms with Crippen molar-refractivity contribution in [2.75, 3.05) is 13.1 Å². The first-order valence-electron chi connectivity index (χ1n) is 9.15. The second-order valence-corrected chi connectivity index (χ2v) is 7.33. The van der Waals surface area contributed by atoms with Crippen molar-refractivity contribution in [2.45, 2.75) is 45.6 Å². The number of hydrogen-bond acceptors (Lipinski definition) is 4. The summed E-state index contributed by atoms with van der Waals surface area (Å²) in [7, 11) is 0. The highest BCUT2D eigenvalue weighted by Crippen LogP contribution is 2.25. The van der Waals surface area contributed by atoms with E-state index in [2.05, 4.69) is 17.0 Å². The number of carbonyl (C=O) groups excluding carboxylic acids is 1. The number of piperidine rings is 1. The van der Waals surface area contributed by atoms with Gasteiger partial charge < -0.3 is 10.6 Å². The van der Waals surface area contributed by atoms with Crippen molar-refractivity contribution in [1.82, 2.24) is 19.7 Å². The number of hydrogen-bond donors (Lipinski definition) is 1. The largest absolute Gasteiger partial charge is 0.332 e. The number of nitrogens with zero attached hydrogens (tertiary/aromatic N) is 4. The van der Waals surface area contributed by atoms with E-state index in [-0.39, 0.29) is 36.1 Å². The standard InChI is InChI=1S/C19H26FN5O.ClH/c1-12(2)18-22-17(23-25(18)16-7-5-4-6-15(16)20)19(26)24-9-8-13(3)10-14(24)11-21;/h4-7,12-14H,8-11,21H2,1-3H3;1H. The maximum absolute atomic E-state index is 14.2. The van der Waals surface area contributed by atoms with Crippen molar-refractivity contribution in [3.8, 4) is 5.69 Å². The molecule has 0 spiro atoms. The molecule has 6 nitrogen and oxygen atoms in total. The van der Waals surface area contributed by atoms with E-state index in [4.69, 9.17) is 5.73 Å². The highest BCUT2D eigenvalue weighted by atomic mass is 35.5. The van der Waals surface area contributed by atoms with E-state index in [1.54, 1.807) is 23.1 Å². The minimum atomic E-state index is -0.398. The summed E-state index contributed by atoms with van der Waals surface area (Å²) in [5.41, 5.74) is 6.17. The smallest absolute Gasteiger partial charge is 0.293 e. The third-order valence-electron chi connectivity index (χ3n) is 4.93. The fourth-order valence-electron chi connectivity index (χ4n) is 3.46. The van der Waals surface area contributed by atoms with Crippen molar-refractivity contribution >= 4 is 18.3 Å². The quantitative estimate of drug-likeness (QED) is 0.862. The molecule has 2 unspecified atom stereocenters. The van der Waals surface area contributed by atoms with Crippen molar-refractivity contribution < 1.29 is 9.18 Å². The van der Waals surface area contributed by atoms with E-state index in [0.717, 1.165) is 12.8 Å². The van der Waals surface area contributed by atoms with Crippen molar-refractivity contribution in [2.24, 2.45) is 11.7 Å². The molecule has 1 aliphatic heterocycles. The number of nitrogens with two attached hydrogens (primary N) is 1. The molecule has 1 fully saturated rings. The number of amides is 1. The van der Waals surface area contributed by atoms with Gasteiger partial charge in [-0.1, -0.05) is 32.9 Å². The predicted molar refractivity (Wildman–Crippen MR) is 105 cm³/mol. The molecule has 0 radical (unpaired) electrons. The maximum atomic E-state index is 14.2. The number of carbonyl (C=O) groups is 1. The van der Waals surface area contributed by atoms with Gasteiger partial charge in [0.05, 0.1) is 0 Å². The summed E-state index contributed by atoms with van der Waals surface area (Å²) in [4.78, 5) is 19.2. The first kappa shape index (κ1) is 21.3. The van der Waals surface area contributed by atoms with Crippen molar-refractivity contribution in [1.29, 1.82) is 0 Å². The molecule has 2 atom stereocenters. The van der Waals surface area contributed by atoms with Crippen LogP contribution < -0.4 is 5.73 Å². The molecular formula is C19H27ClFN5O. The number of para-hydroxylation sites is 1. The fraction of sp³-hybridized carbons (Fsp3) is 0.526. The van der Waals surface area contributed by atoms with Crippen LogP contribution in [0.3, 0.4) is 0 Å². The summed E-state index contributed by atoms with van der Waals surface area (Å²) in [6, 6.07) is 6.36. The summed E-state index contributed by atoms with van der Waals surface area (Å²) in [5.74, 6) is 0.574. The number of likely N-dealkylation sites (tertiary alicyclic amines) is 1. The summed E-state index contributed by atoms with van der Waals surface area (Å²) in [6.07, 6.45) is 1.82. The van der Waals surface area contributed by atoms with Gasteiger partial charge in [-0.15, -0.1) is 17.5 Å². The normalized spacial score (nSPS) is 19.9. The molecule has 27 heavy (non-hydrogen) atoms. The Balaban J connectivity index is 0.00000261. The van der Waals surface area contributed by atoms with Crippen LogP contribution in [-0.4, -0.2) is 44.7 Å². The van der Waals surface area contributed by atoms with Gasteiger partial charge in [0.1, 0.15) is 17.3 Å². The van der Waals surface area contributed by atoms with E-state index in [0.29, 0.717) is 30.5 Å². The van der Waals surface area contributed by atoms with Crippen LogP contribution in [0.4, 0.5) is 4.39 Å². The highest BCUT2D eigenvalue weighted by Gasteiger charge is 2.32. The molecule has 0 saturated carbocycles. The highest BCUT2D eigenvalue weighted by molar-refractivity contribution is 5.90. The van der Waals surface area contributed by atoms with Crippen LogP contribution in [0.1, 0.15) is 56.0 Å².